The van der Waals surface area contributed by atoms with Crippen LogP contribution in [0, 0.1) is 17.1 Å². The van der Waals surface area contributed by atoms with Gasteiger partial charge in [0.05, 0.1) is 17.3 Å². The van der Waals surface area contributed by atoms with E-state index in [1.807, 2.05) is 13.0 Å². The molecule has 21 heavy (non-hydrogen) atoms. The van der Waals surface area contributed by atoms with Crippen molar-refractivity contribution in [3.63, 3.8) is 0 Å². The van der Waals surface area contributed by atoms with Crippen LogP contribution in [-0.4, -0.2) is 12.5 Å². The van der Waals surface area contributed by atoms with Gasteiger partial charge in [0.2, 0.25) is 0 Å². The van der Waals surface area contributed by atoms with E-state index in [9.17, 15) is 9.18 Å². The normalized spacial score (nSPS) is 9.76. The van der Waals surface area contributed by atoms with Gasteiger partial charge in [-0.1, -0.05) is 0 Å². The van der Waals surface area contributed by atoms with Crippen molar-refractivity contribution in [3.8, 4) is 6.07 Å². The molecule has 0 aromatic heterocycles. The Morgan fingerprint density at radius 1 is 1.24 bits per heavy atom. The second-order valence-corrected chi connectivity index (χ2v) is 4.37. The molecule has 5 heteroatoms. The molecule has 1 amide bonds. The minimum absolute atomic E-state index is 0.0507. The molecule has 0 aliphatic carbocycles. The van der Waals surface area contributed by atoms with Crippen LogP contribution in [0.5, 0.6) is 0 Å². The summed E-state index contributed by atoms with van der Waals surface area (Å²) in [6, 6.07) is 12.6. The van der Waals surface area contributed by atoms with E-state index in [0.29, 0.717) is 5.56 Å². The number of anilines is 2. The molecule has 2 N–H and O–H groups in total. The summed E-state index contributed by atoms with van der Waals surface area (Å²) in [6.07, 6.45) is 0. The summed E-state index contributed by atoms with van der Waals surface area (Å²) in [5.74, 6) is -1.03. The predicted molar refractivity (Wildman–Crippen MR) is 79.7 cm³/mol. The predicted octanol–water partition coefficient (Wildman–Crippen LogP) is 3.38. The summed E-state index contributed by atoms with van der Waals surface area (Å²) in [5, 5.41) is 14.3. The van der Waals surface area contributed by atoms with Gasteiger partial charge in [0.25, 0.3) is 5.91 Å². The molecule has 0 saturated heterocycles. The number of rotatable bonds is 4. The van der Waals surface area contributed by atoms with E-state index >= 15 is 0 Å². The van der Waals surface area contributed by atoms with E-state index in [0.717, 1.165) is 18.3 Å². The molecule has 106 valence electrons. The highest BCUT2D eigenvalue weighted by Gasteiger charge is 2.09. The lowest BCUT2D eigenvalue weighted by Crippen LogP contribution is -2.13. The van der Waals surface area contributed by atoms with Gasteiger partial charge in [0, 0.05) is 17.8 Å². The molecule has 0 bridgehead atoms. The van der Waals surface area contributed by atoms with Crippen molar-refractivity contribution in [3.05, 3.63) is 59.4 Å². The average Bonchev–Trinajstić information content (AvgIpc) is 2.50. The number of amides is 1. The van der Waals surface area contributed by atoms with E-state index in [2.05, 4.69) is 10.6 Å². The van der Waals surface area contributed by atoms with E-state index in [4.69, 9.17) is 5.26 Å². The van der Waals surface area contributed by atoms with E-state index in [1.165, 1.54) is 12.1 Å². The topological polar surface area (TPSA) is 64.9 Å². The minimum atomic E-state index is -0.633. The van der Waals surface area contributed by atoms with Crippen molar-refractivity contribution in [2.24, 2.45) is 0 Å². The highest BCUT2D eigenvalue weighted by Crippen LogP contribution is 2.17. The summed E-state index contributed by atoms with van der Waals surface area (Å²) < 4.78 is 13.7. The van der Waals surface area contributed by atoms with Crippen LogP contribution in [0.1, 0.15) is 22.8 Å². The zero-order valence-electron chi connectivity index (χ0n) is 11.5. The maximum Gasteiger partial charge on any atom is 0.255 e. The van der Waals surface area contributed by atoms with Crippen molar-refractivity contribution in [1.82, 2.24) is 0 Å². The van der Waals surface area contributed by atoms with Gasteiger partial charge in [-0.3, -0.25) is 4.79 Å². The van der Waals surface area contributed by atoms with Crippen LogP contribution < -0.4 is 10.6 Å². The number of hydrogen-bond acceptors (Lipinski definition) is 3. The van der Waals surface area contributed by atoms with Gasteiger partial charge >= 0.3 is 0 Å². The quantitative estimate of drug-likeness (QED) is 0.904. The Kier molecular flexibility index (Phi) is 4.52. The van der Waals surface area contributed by atoms with Crippen LogP contribution in [0.15, 0.2) is 42.5 Å². The summed E-state index contributed by atoms with van der Waals surface area (Å²) in [6.45, 7) is 2.77. The fourth-order valence-corrected chi connectivity index (χ4v) is 1.82. The van der Waals surface area contributed by atoms with Gasteiger partial charge in [0.1, 0.15) is 5.82 Å². The monoisotopic (exact) mass is 283 g/mol. The zero-order chi connectivity index (χ0) is 15.2. The third kappa shape index (κ3) is 3.57. The molecule has 2 aromatic carbocycles. The number of carbonyl (C=O) groups excluding carboxylic acids is 1. The first kappa shape index (κ1) is 14.5. The molecule has 2 rings (SSSR count). The number of benzene rings is 2. The molecule has 0 spiro atoms. The molecule has 4 nitrogen and oxygen atoms in total. The molecule has 0 radical (unpaired) electrons. The van der Waals surface area contributed by atoms with E-state index in [-0.39, 0.29) is 11.3 Å². The number of carbonyl (C=O) groups is 1. The van der Waals surface area contributed by atoms with Crippen molar-refractivity contribution < 1.29 is 9.18 Å². The Hall–Kier alpha value is -2.87. The average molecular weight is 283 g/mol. The van der Waals surface area contributed by atoms with Gasteiger partial charge in [0.15, 0.2) is 0 Å². The molecule has 0 aliphatic rings. The second-order valence-electron chi connectivity index (χ2n) is 4.37. The molecule has 0 heterocycles. The molecule has 0 atom stereocenters. The maximum atomic E-state index is 13.7. The van der Waals surface area contributed by atoms with Crippen LogP contribution in [0.3, 0.4) is 0 Å². The first-order valence-electron chi connectivity index (χ1n) is 6.49. The van der Waals surface area contributed by atoms with Gasteiger partial charge in [-0.15, -0.1) is 0 Å². The molecule has 0 aliphatic heterocycles. The third-order valence-corrected chi connectivity index (χ3v) is 2.87. The lowest BCUT2D eigenvalue weighted by Gasteiger charge is -2.08. The van der Waals surface area contributed by atoms with Crippen molar-refractivity contribution in [2.75, 3.05) is 17.2 Å². The Labute approximate surface area is 122 Å². The summed E-state index contributed by atoms with van der Waals surface area (Å²) in [7, 11) is 0. The third-order valence-electron chi connectivity index (χ3n) is 2.87. The van der Waals surface area contributed by atoms with E-state index in [1.54, 1.807) is 24.3 Å². The van der Waals surface area contributed by atoms with Gasteiger partial charge in [-0.25, -0.2) is 4.39 Å². The van der Waals surface area contributed by atoms with Crippen molar-refractivity contribution in [1.29, 1.82) is 5.26 Å². The van der Waals surface area contributed by atoms with Crippen LogP contribution in [0.25, 0.3) is 0 Å². The van der Waals surface area contributed by atoms with Crippen molar-refractivity contribution in [2.45, 2.75) is 6.92 Å². The molecule has 2 aromatic rings. The molecule has 0 unspecified atom stereocenters. The standard InChI is InChI=1S/C16H14FN3O/c1-2-19-13-6-4-12(5-7-13)16(21)20-15-8-3-11(10-18)9-14(15)17/h3-9,19H,2H2,1H3,(H,20,21). The first-order valence-corrected chi connectivity index (χ1v) is 6.49. The largest absolute Gasteiger partial charge is 0.385 e. The number of nitriles is 1. The SMILES string of the molecule is CCNc1ccc(C(=O)Nc2ccc(C#N)cc2F)cc1. The Morgan fingerprint density at radius 3 is 2.52 bits per heavy atom. The number of nitrogens with one attached hydrogen (secondary N) is 2. The fourth-order valence-electron chi connectivity index (χ4n) is 1.82. The second kappa shape index (κ2) is 6.53. The summed E-state index contributed by atoms with van der Waals surface area (Å²) >= 11 is 0. The lowest BCUT2D eigenvalue weighted by atomic mass is 10.1. The van der Waals surface area contributed by atoms with Crippen LogP contribution >= 0.6 is 0 Å². The highest BCUT2D eigenvalue weighted by atomic mass is 19.1. The number of halogens is 1. The number of nitrogens with zero attached hydrogens (tertiary/aromatic N) is 1. The fraction of sp³-hybridized carbons (Fsp3) is 0.125. The Balaban J connectivity index is 2.12. The smallest absolute Gasteiger partial charge is 0.255 e. The Bertz CT molecular complexity index is 690. The highest BCUT2D eigenvalue weighted by molar-refractivity contribution is 6.04. The van der Waals surface area contributed by atoms with Gasteiger partial charge in [-0.2, -0.15) is 5.26 Å². The Morgan fingerprint density at radius 2 is 1.95 bits per heavy atom. The zero-order valence-corrected chi connectivity index (χ0v) is 11.5. The molecule has 0 saturated carbocycles. The van der Waals surface area contributed by atoms with Gasteiger partial charge < -0.3 is 10.6 Å². The van der Waals surface area contributed by atoms with Crippen LogP contribution in [0.2, 0.25) is 0 Å². The van der Waals surface area contributed by atoms with Crippen molar-refractivity contribution >= 4 is 17.3 Å². The summed E-state index contributed by atoms with van der Waals surface area (Å²) in [4.78, 5) is 12.0. The van der Waals surface area contributed by atoms with E-state index < -0.39 is 11.7 Å². The van der Waals surface area contributed by atoms with Crippen LogP contribution in [0.4, 0.5) is 15.8 Å². The maximum absolute atomic E-state index is 13.7. The van der Waals surface area contributed by atoms with Gasteiger partial charge in [-0.05, 0) is 49.4 Å². The van der Waals surface area contributed by atoms with Crippen LogP contribution in [-0.2, 0) is 0 Å². The molecular weight excluding hydrogens is 269 g/mol. The minimum Gasteiger partial charge on any atom is -0.385 e. The molecular formula is C16H14FN3O. The first-order chi connectivity index (χ1) is 10.1. The summed E-state index contributed by atoms with van der Waals surface area (Å²) in [5.41, 5.74) is 1.61. The lowest BCUT2D eigenvalue weighted by molar-refractivity contribution is 0.102. The molecule has 0 fully saturated rings. The number of hydrogen-bond donors (Lipinski definition) is 2.